The maximum Gasteiger partial charge on any atom is 0.167 e. The number of hydrogen-bond donors (Lipinski definition) is 2. The van der Waals surface area contributed by atoms with Gasteiger partial charge in [-0.05, 0) is 48.5 Å². The molecule has 0 aromatic heterocycles. The molecule has 106 valence electrons. The van der Waals surface area contributed by atoms with Gasteiger partial charge in [0.05, 0.1) is 14.2 Å². The lowest BCUT2D eigenvalue weighted by Gasteiger charge is -2.15. The first-order valence-electron chi connectivity index (χ1n) is 6.59. The van der Waals surface area contributed by atoms with Crippen LogP contribution in [-0.2, 0) is 0 Å². The molecule has 2 aromatic rings. The third-order valence-electron chi connectivity index (χ3n) is 3.57. The number of methoxy groups -OCH3 is 2. The van der Waals surface area contributed by atoms with Crippen molar-refractivity contribution in [1.29, 1.82) is 0 Å². The highest BCUT2D eigenvalue weighted by Crippen LogP contribution is 2.24. The van der Waals surface area contributed by atoms with Gasteiger partial charge in [0.2, 0.25) is 0 Å². The molecule has 0 fully saturated rings. The van der Waals surface area contributed by atoms with Crippen LogP contribution in [0.3, 0.4) is 0 Å². The standard InChI is InChI=1S/C16H20N2O2/c1-19-13-7-3-11(4-8-13)15(17)16(18)12-5-9-14(20-2)10-6-12/h3-10,15-16H,17-18H2,1-2H3/p+2/t15-,16+. The van der Waals surface area contributed by atoms with Crippen LogP contribution in [0, 0.1) is 0 Å². The van der Waals surface area contributed by atoms with Crippen LogP contribution in [-0.4, -0.2) is 14.2 Å². The monoisotopic (exact) mass is 274 g/mol. The number of benzene rings is 2. The Balaban J connectivity index is 2.15. The van der Waals surface area contributed by atoms with Crippen molar-refractivity contribution < 1.29 is 20.9 Å². The van der Waals surface area contributed by atoms with Gasteiger partial charge in [0, 0.05) is 11.1 Å². The Morgan fingerprint density at radius 2 is 0.950 bits per heavy atom. The summed E-state index contributed by atoms with van der Waals surface area (Å²) in [6.07, 6.45) is 0. The Kier molecular flexibility index (Phi) is 4.61. The maximum absolute atomic E-state index is 5.17. The van der Waals surface area contributed by atoms with E-state index in [0.29, 0.717) is 0 Å². The van der Waals surface area contributed by atoms with Gasteiger partial charge in [-0.15, -0.1) is 0 Å². The molecule has 2 atom stereocenters. The van der Waals surface area contributed by atoms with E-state index < -0.39 is 0 Å². The average Bonchev–Trinajstić information content (AvgIpc) is 2.53. The molecule has 0 bridgehead atoms. The minimum absolute atomic E-state index is 0.0919. The van der Waals surface area contributed by atoms with E-state index in [1.54, 1.807) is 14.2 Å². The highest BCUT2D eigenvalue weighted by molar-refractivity contribution is 5.32. The van der Waals surface area contributed by atoms with E-state index in [2.05, 4.69) is 11.5 Å². The van der Waals surface area contributed by atoms with E-state index in [0.717, 1.165) is 22.6 Å². The van der Waals surface area contributed by atoms with Gasteiger partial charge in [0.15, 0.2) is 12.1 Å². The first-order chi connectivity index (χ1) is 9.65. The zero-order chi connectivity index (χ0) is 14.5. The summed E-state index contributed by atoms with van der Waals surface area (Å²) in [7, 11) is 3.33. The topological polar surface area (TPSA) is 73.7 Å². The molecule has 0 aliphatic heterocycles. The van der Waals surface area contributed by atoms with Gasteiger partial charge in [-0.2, -0.15) is 0 Å². The van der Waals surface area contributed by atoms with Crippen LogP contribution >= 0.6 is 0 Å². The van der Waals surface area contributed by atoms with Gasteiger partial charge in [-0.25, -0.2) is 0 Å². The van der Waals surface area contributed by atoms with E-state index in [1.807, 2.05) is 48.5 Å². The fourth-order valence-corrected chi connectivity index (χ4v) is 2.17. The molecular weight excluding hydrogens is 252 g/mol. The molecule has 0 amide bonds. The number of hydrogen-bond acceptors (Lipinski definition) is 2. The first kappa shape index (κ1) is 14.4. The third kappa shape index (κ3) is 3.10. The van der Waals surface area contributed by atoms with Crippen molar-refractivity contribution in [3.8, 4) is 11.5 Å². The first-order valence-corrected chi connectivity index (χ1v) is 6.59. The molecule has 0 heterocycles. The highest BCUT2D eigenvalue weighted by atomic mass is 16.5. The van der Waals surface area contributed by atoms with Gasteiger partial charge < -0.3 is 20.9 Å². The van der Waals surface area contributed by atoms with Crippen molar-refractivity contribution in [2.75, 3.05) is 14.2 Å². The SMILES string of the molecule is COc1ccc([C@@H]([NH3+])[C@@H]([NH3+])c2ccc(OC)cc2)cc1. The zero-order valence-electron chi connectivity index (χ0n) is 12.0. The number of rotatable bonds is 5. The summed E-state index contributed by atoms with van der Waals surface area (Å²) >= 11 is 0. The van der Waals surface area contributed by atoms with E-state index in [9.17, 15) is 0 Å². The lowest BCUT2D eigenvalue weighted by Crippen LogP contribution is -2.68. The molecular formula is C16H22N2O2+2. The van der Waals surface area contributed by atoms with Crippen molar-refractivity contribution in [3.63, 3.8) is 0 Å². The van der Waals surface area contributed by atoms with Crippen LogP contribution in [0.5, 0.6) is 11.5 Å². The second-order valence-corrected chi connectivity index (χ2v) is 4.76. The Morgan fingerprint density at radius 3 is 1.20 bits per heavy atom. The smallest absolute Gasteiger partial charge is 0.167 e. The molecule has 0 aliphatic carbocycles. The largest absolute Gasteiger partial charge is 0.497 e. The molecule has 0 radical (unpaired) electrons. The van der Waals surface area contributed by atoms with Crippen molar-refractivity contribution >= 4 is 0 Å². The van der Waals surface area contributed by atoms with Crippen LogP contribution in [0.1, 0.15) is 23.2 Å². The summed E-state index contributed by atoms with van der Waals surface area (Å²) in [5.74, 6) is 1.71. The van der Waals surface area contributed by atoms with Crippen molar-refractivity contribution in [2.45, 2.75) is 12.1 Å². The van der Waals surface area contributed by atoms with Gasteiger partial charge in [0.1, 0.15) is 11.5 Å². The second-order valence-electron chi connectivity index (χ2n) is 4.76. The summed E-state index contributed by atoms with van der Waals surface area (Å²) in [4.78, 5) is 0. The Labute approximate surface area is 119 Å². The molecule has 6 N–H and O–H groups in total. The lowest BCUT2D eigenvalue weighted by atomic mass is 9.95. The number of quaternary nitrogens is 2. The summed E-state index contributed by atoms with van der Waals surface area (Å²) in [5.41, 5.74) is 10.8. The fraction of sp³-hybridized carbons (Fsp3) is 0.250. The maximum atomic E-state index is 5.17. The van der Waals surface area contributed by atoms with Gasteiger partial charge in [-0.3, -0.25) is 0 Å². The van der Waals surface area contributed by atoms with Crippen molar-refractivity contribution in [1.82, 2.24) is 0 Å². The molecule has 0 saturated carbocycles. The van der Waals surface area contributed by atoms with Gasteiger partial charge in [-0.1, -0.05) is 0 Å². The summed E-state index contributed by atoms with van der Waals surface area (Å²) in [6, 6.07) is 16.2. The average molecular weight is 274 g/mol. The predicted molar refractivity (Wildman–Crippen MR) is 77.2 cm³/mol. The third-order valence-corrected chi connectivity index (χ3v) is 3.57. The van der Waals surface area contributed by atoms with Gasteiger partial charge >= 0.3 is 0 Å². The summed E-state index contributed by atoms with van der Waals surface area (Å²) in [5, 5.41) is 0. The molecule has 0 spiro atoms. The molecule has 0 aliphatic rings. The minimum atomic E-state index is 0.0919. The van der Waals surface area contributed by atoms with Crippen LogP contribution < -0.4 is 20.9 Å². The van der Waals surface area contributed by atoms with Crippen LogP contribution in [0.15, 0.2) is 48.5 Å². The Hall–Kier alpha value is -2.04. The zero-order valence-corrected chi connectivity index (χ0v) is 12.0. The summed E-state index contributed by atoms with van der Waals surface area (Å²) < 4.78 is 10.3. The number of ether oxygens (including phenoxy) is 2. The Bertz CT molecular complexity index is 486. The molecule has 0 saturated heterocycles. The molecule has 4 nitrogen and oxygen atoms in total. The highest BCUT2D eigenvalue weighted by Gasteiger charge is 2.24. The van der Waals surface area contributed by atoms with E-state index in [-0.39, 0.29) is 12.1 Å². The van der Waals surface area contributed by atoms with Crippen molar-refractivity contribution in [2.24, 2.45) is 0 Å². The predicted octanol–water partition coefficient (Wildman–Crippen LogP) is 0.970. The Morgan fingerprint density at radius 1 is 0.650 bits per heavy atom. The summed E-state index contributed by atoms with van der Waals surface area (Å²) in [6.45, 7) is 0. The van der Waals surface area contributed by atoms with Crippen molar-refractivity contribution in [3.05, 3.63) is 59.7 Å². The quantitative estimate of drug-likeness (QED) is 0.852. The molecule has 2 aromatic carbocycles. The van der Waals surface area contributed by atoms with Crippen LogP contribution in [0.25, 0.3) is 0 Å². The molecule has 20 heavy (non-hydrogen) atoms. The molecule has 0 unspecified atom stereocenters. The van der Waals surface area contributed by atoms with Crippen LogP contribution in [0.2, 0.25) is 0 Å². The normalized spacial score (nSPS) is 13.6. The molecule has 2 rings (SSSR count). The second kappa shape index (κ2) is 6.41. The fourth-order valence-electron chi connectivity index (χ4n) is 2.17. The van der Waals surface area contributed by atoms with Gasteiger partial charge in [0.25, 0.3) is 0 Å². The van der Waals surface area contributed by atoms with E-state index in [4.69, 9.17) is 9.47 Å². The van der Waals surface area contributed by atoms with Crippen LogP contribution in [0.4, 0.5) is 0 Å². The lowest BCUT2D eigenvalue weighted by molar-refractivity contribution is -0.540. The van der Waals surface area contributed by atoms with E-state index in [1.165, 1.54) is 0 Å². The van der Waals surface area contributed by atoms with E-state index >= 15 is 0 Å². The minimum Gasteiger partial charge on any atom is -0.497 e. The molecule has 4 heteroatoms.